The zero-order valence-corrected chi connectivity index (χ0v) is 8.60. The van der Waals surface area contributed by atoms with Crippen LogP contribution in [0, 0.1) is 18.3 Å². The normalized spacial score (nSPS) is 10.0. The molecule has 4 nitrogen and oxygen atoms in total. The van der Waals surface area contributed by atoms with Crippen molar-refractivity contribution in [2.75, 3.05) is 0 Å². The highest BCUT2D eigenvalue weighted by Gasteiger charge is 2.08. The Bertz CT molecular complexity index is 510. The quantitative estimate of drug-likeness (QED) is 0.615. The number of carbonyl (C=O) groups is 2. The van der Waals surface area contributed by atoms with Crippen LogP contribution in [-0.4, -0.2) is 17.4 Å². The second-order valence-corrected chi connectivity index (χ2v) is 3.16. The van der Waals surface area contributed by atoms with E-state index in [-0.39, 0.29) is 11.1 Å². The Balaban J connectivity index is 3.41. The number of aryl methyl sites for hydroxylation is 1. The fourth-order valence-electron chi connectivity index (χ4n) is 1.35. The molecular formula is C12H9NO3. The molecule has 0 amide bonds. The molecule has 1 aromatic rings. The van der Waals surface area contributed by atoms with E-state index in [1.165, 1.54) is 12.1 Å². The van der Waals surface area contributed by atoms with Gasteiger partial charge in [0, 0.05) is 11.6 Å². The molecule has 0 atom stereocenters. The number of aliphatic carboxylic acids is 1. The standard InChI is InChI=1S/C12H9NO3/c1-8-2-3-9(6-13)11(7-14)10(8)4-5-12(15)16/h2-5,7H,1H3,(H,15,16)/b5-4+. The summed E-state index contributed by atoms with van der Waals surface area (Å²) in [6, 6.07) is 5.10. The summed E-state index contributed by atoms with van der Waals surface area (Å²) in [6.07, 6.45) is 2.83. The molecule has 0 spiro atoms. The van der Waals surface area contributed by atoms with E-state index < -0.39 is 5.97 Å². The van der Waals surface area contributed by atoms with Crippen LogP contribution in [0.15, 0.2) is 18.2 Å². The fourth-order valence-corrected chi connectivity index (χ4v) is 1.35. The number of carboxylic acid groups (broad SMARTS) is 1. The molecule has 16 heavy (non-hydrogen) atoms. The van der Waals surface area contributed by atoms with Gasteiger partial charge in [-0.25, -0.2) is 4.79 Å². The zero-order chi connectivity index (χ0) is 12.1. The number of rotatable bonds is 3. The maximum Gasteiger partial charge on any atom is 0.328 e. The molecule has 4 heteroatoms. The van der Waals surface area contributed by atoms with Crippen molar-refractivity contribution in [3.05, 3.63) is 40.5 Å². The van der Waals surface area contributed by atoms with Gasteiger partial charge in [-0.15, -0.1) is 0 Å². The number of hydrogen-bond acceptors (Lipinski definition) is 3. The Kier molecular flexibility index (Phi) is 3.57. The lowest BCUT2D eigenvalue weighted by Gasteiger charge is -2.05. The largest absolute Gasteiger partial charge is 0.478 e. The van der Waals surface area contributed by atoms with Crippen LogP contribution in [0.1, 0.15) is 27.0 Å². The number of nitriles is 1. The summed E-state index contributed by atoms with van der Waals surface area (Å²) in [7, 11) is 0. The van der Waals surface area contributed by atoms with E-state index in [1.807, 2.05) is 6.07 Å². The van der Waals surface area contributed by atoms with E-state index in [0.29, 0.717) is 11.8 Å². The van der Waals surface area contributed by atoms with Crippen LogP contribution in [0.2, 0.25) is 0 Å². The summed E-state index contributed by atoms with van der Waals surface area (Å²) >= 11 is 0. The Morgan fingerprint density at radius 2 is 2.12 bits per heavy atom. The van der Waals surface area contributed by atoms with Crippen molar-refractivity contribution in [1.82, 2.24) is 0 Å². The van der Waals surface area contributed by atoms with Gasteiger partial charge in [-0.2, -0.15) is 5.26 Å². The molecule has 1 rings (SSSR count). The van der Waals surface area contributed by atoms with E-state index in [9.17, 15) is 9.59 Å². The Hall–Kier alpha value is -2.41. The molecule has 0 aliphatic heterocycles. The van der Waals surface area contributed by atoms with Gasteiger partial charge in [0.05, 0.1) is 11.6 Å². The first-order chi connectivity index (χ1) is 7.60. The number of benzene rings is 1. The van der Waals surface area contributed by atoms with E-state index in [1.54, 1.807) is 13.0 Å². The molecule has 0 radical (unpaired) electrons. The predicted molar refractivity (Wildman–Crippen MR) is 58.0 cm³/mol. The van der Waals surface area contributed by atoms with Crippen molar-refractivity contribution in [2.24, 2.45) is 0 Å². The van der Waals surface area contributed by atoms with Crippen molar-refractivity contribution in [1.29, 1.82) is 5.26 Å². The molecule has 0 bridgehead atoms. The highest BCUT2D eigenvalue weighted by molar-refractivity contribution is 5.91. The van der Waals surface area contributed by atoms with E-state index in [4.69, 9.17) is 10.4 Å². The van der Waals surface area contributed by atoms with Gasteiger partial charge < -0.3 is 5.11 Å². The van der Waals surface area contributed by atoms with Gasteiger partial charge in [-0.1, -0.05) is 6.07 Å². The van der Waals surface area contributed by atoms with Crippen molar-refractivity contribution >= 4 is 18.3 Å². The van der Waals surface area contributed by atoms with Crippen LogP contribution >= 0.6 is 0 Å². The minimum absolute atomic E-state index is 0.222. The lowest BCUT2D eigenvalue weighted by atomic mass is 9.97. The minimum atomic E-state index is -1.10. The molecule has 0 aliphatic rings. The summed E-state index contributed by atoms with van der Waals surface area (Å²) in [5, 5.41) is 17.3. The predicted octanol–water partition coefficient (Wildman–Crippen LogP) is 1.78. The molecule has 0 saturated carbocycles. The zero-order valence-electron chi connectivity index (χ0n) is 8.60. The molecule has 0 aromatic heterocycles. The van der Waals surface area contributed by atoms with Gasteiger partial charge in [0.25, 0.3) is 0 Å². The molecular weight excluding hydrogens is 206 g/mol. The summed E-state index contributed by atoms with van der Waals surface area (Å²) in [6.45, 7) is 1.75. The van der Waals surface area contributed by atoms with Crippen molar-refractivity contribution in [3.63, 3.8) is 0 Å². The van der Waals surface area contributed by atoms with E-state index in [0.717, 1.165) is 11.6 Å². The summed E-state index contributed by atoms with van der Waals surface area (Å²) in [4.78, 5) is 21.3. The third-order valence-electron chi connectivity index (χ3n) is 2.14. The average Bonchev–Trinajstić information content (AvgIpc) is 2.26. The van der Waals surface area contributed by atoms with Gasteiger partial charge in [0.15, 0.2) is 6.29 Å². The third kappa shape index (κ3) is 2.34. The topological polar surface area (TPSA) is 78.2 Å². The summed E-state index contributed by atoms with van der Waals surface area (Å²) in [5.41, 5.74) is 1.68. The monoisotopic (exact) mass is 215 g/mol. The van der Waals surface area contributed by atoms with Crippen LogP contribution in [0.25, 0.3) is 6.08 Å². The van der Waals surface area contributed by atoms with Gasteiger partial charge in [0.2, 0.25) is 0 Å². The Morgan fingerprint density at radius 1 is 1.44 bits per heavy atom. The fraction of sp³-hybridized carbons (Fsp3) is 0.0833. The van der Waals surface area contributed by atoms with Crippen molar-refractivity contribution in [3.8, 4) is 6.07 Å². The molecule has 1 aromatic carbocycles. The second-order valence-electron chi connectivity index (χ2n) is 3.16. The molecule has 0 heterocycles. The van der Waals surface area contributed by atoms with Crippen molar-refractivity contribution < 1.29 is 14.7 Å². The molecule has 1 N–H and O–H groups in total. The third-order valence-corrected chi connectivity index (χ3v) is 2.14. The Labute approximate surface area is 92.4 Å². The number of hydrogen-bond donors (Lipinski definition) is 1. The number of carbonyl (C=O) groups excluding carboxylic acids is 1. The number of nitrogens with zero attached hydrogens (tertiary/aromatic N) is 1. The van der Waals surface area contributed by atoms with E-state index in [2.05, 4.69) is 0 Å². The average molecular weight is 215 g/mol. The molecule has 0 unspecified atom stereocenters. The molecule has 0 aliphatic carbocycles. The van der Waals surface area contributed by atoms with Gasteiger partial charge in [-0.05, 0) is 30.2 Å². The van der Waals surface area contributed by atoms with E-state index >= 15 is 0 Å². The van der Waals surface area contributed by atoms with Crippen LogP contribution in [-0.2, 0) is 4.79 Å². The highest BCUT2D eigenvalue weighted by Crippen LogP contribution is 2.18. The minimum Gasteiger partial charge on any atom is -0.478 e. The van der Waals surface area contributed by atoms with Gasteiger partial charge in [-0.3, -0.25) is 4.79 Å². The smallest absolute Gasteiger partial charge is 0.328 e. The van der Waals surface area contributed by atoms with Crippen LogP contribution in [0.5, 0.6) is 0 Å². The Morgan fingerprint density at radius 3 is 2.62 bits per heavy atom. The number of aldehydes is 1. The highest BCUT2D eigenvalue weighted by atomic mass is 16.4. The first kappa shape index (κ1) is 11.7. The number of carboxylic acids is 1. The van der Waals surface area contributed by atoms with Crippen LogP contribution < -0.4 is 0 Å². The first-order valence-electron chi connectivity index (χ1n) is 4.50. The van der Waals surface area contributed by atoms with Gasteiger partial charge in [0.1, 0.15) is 0 Å². The maximum atomic E-state index is 10.9. The van der Waals surface area contributed by atoms with Crippen LogP contribution in [0.3, 0.4) is 0 Å². The molecule has 0 saturated heterocycles. The lowest BCUT2D eigenvalue weighted by molar-refractivity contribution is -0.131. The summed E-state index contributed by atoms with van der Waals surface area (Å²) < 4.78 is 0. The maximum absolute atomic E-state index is 10.9. The SMILES string of the molecule is Cc1ccc(C#N)c(C=O)c1/C=C/C(=O)O. The second kappa shape index (κ2) is 4.89. The molecule has 80 valence electrons. The lowest BCUT2D eigenvalue weighted by Crippen LogP contribution is -1.96. The first-order valence-corrected chi connectivity index (χ1v) is 4.50. The van der Waals surface area contributed by atoms with Crippen molar-refractivity contribution in [2.45, 2.75) is 6.92 Å². The van der Waals surface area contributed by atoms with Gasteiger partial charge >= 0.3 is 5.97 Å². The van der Waals surface area contributed by atoms with Crippen LogP contribution in [0.4, 0.5) is 0 Å². The molecule has 0 fully saturated rings. The summed E-state index contributed by atoms with van der Waals surface area (Å²) in [5.74, 6) is -1.10.